The molecule has 0 unspecified atom stereocenters. The molecule has 70 heavy (non-hydrogen) atoms. The third-order valence-corrected chi connectivity index (χ3v) is 19.2. The summed E-state index contributed by atoms with van der Waals surface area (Å²) in [5, 5.41) is 0. The molecule has 0 heterocycles. The zero-order valence-electron chi connectivity index (χ0n) is 47.1. The van der Waals surface area contributed by atoms with Crippen LogP contribution in [0.15, 0.2) is 54.6 Å². The molecule has 0 fully saturated rings. The van der Waals surface area contributed by atoms with E-state index in [4.69, 9.17) is 8.44 Å². The Balaban J connectivity index is 1.68. The zero-order chi connectivity index (χ0) is 50.0. The van der Waals surface area contributed by atoms with Crippen LogP contribution in [0.25, 0.3) is 0 Å². The minimum atomic E-state index is -3.66. The Morgan fingerprint density at radius 2 is 0.457 bits per heavy atom. The van der Waals surface area contributed by atoms with Gasteiger partial charge in [0.25, 0.3) is 0 Å². The molecule has 0 aliphatic carbocycles. The van der Waals surface area contributed by atoms with Crippen molar-refractivity contribution in [3.8, 4) is 17.2 Å². The van der Waals surface area contributed by atoms with E-state index in [0.29, 0.717) is 0 Å². The number of hydrogen-bond donors (Lipinski definition) is 0. The van der Waals surface area contributed by atoms with E-state index in [1.54, 1.807) is 0 Å². The molecule has 4 heteroatoms. The Kier molecular flexibility index (Phi) is 38.5. The van der Waals surface area contributed by atoms with Crippen molar-refractivity contribution in [3.63, 3.8) is 0 Å². The van der Waals surface area contributed by atoms with Crippen molar-refractivity contribution in [1.29, 1.82) is 0 Å². The van der Waals surface area contributed by atoms with Crippen molar-refractivity contribution >= 4 is 23.1 Å². The third-order valence-electron chi connectivity index (χ3n) is 15.2. The third kappa shape index (κ3) is 27.8. The van der Waals surface area contributed by atoms with Crippen molar-refractivity contribution in [2.45, 2.75) is 311 Å². The van der Waals surface area contributed by atoms with Crippen LogP contribution in [0.4, 0.5) is 0 Å². The number of unbranched alkanes of at least 4 members (excludes halogenated alkanes) is 33. The van der Waals surface area contributed by atoms with Crippen molar-refractivity contribution in [2.75, 3.05) is 0 Å². The van der Waals surface area contributed by atoms with Gasteiger partial charge in [0, 0.05) is 0 Å². The van der Waals surface area contributed by atoms with E-state index in [1.807, 2.05) is 0 Å². The average Bonchev–Trinajstić information content (AvgIpc) is 3.37. The van der Waals surface area contributed by atoms with Gasteiger partial charge < -0.3 is 0 Å². The first-order chi connectivity index (χ1) is 34.6. The summed E-state index contributed by atoms with van der Waals surface area (Å²) in [6, 6.07) is 20.2. The van der Waals surface area contributed by atoms with E-state index in [2.05, 4.69) is 96.1 Å². The van der Waals surface area contributed by atoms with Crippen LogP contribution in [0.5, 0.6) is 17.2 Å². The SMILES string of the molecule is CCCCCCCCCCCCCCc1cccc([O][Bi]([O]c2cccc(CCCCCCCCCCCCCC)c2CC)[O]c2cccc(CCCCCCCCCCCCCC)c2CC)c1CC. The van der Waals surface area contributed by atoms with E-state index in [0.717, 1.165) is 55.8 Å². The summed E-state index contributed by atoms with van der Waals surface area (Å²) in [5.74, 6) is 2.94. The fraction of sp³-hybridized carbons (Fsp3) is 0.727. The van der Waals surface area contributed by atoms with Gasteiger partial charge in [-0.15, -0.1) is 0 Å². The number of aryl methyl sites for hydroxylation is 3. The summed E-state index contributed by atoms with van der Waals surface area (Å²) in [4.78, 5) is 0. The molecule has 0 saturated carbocycles. The first kappa shape index (κ1) is 62.2. The predicted molar refractivity (Wildman–Crippen MR) is 309 cm³/mol. The van der Waals surface area contributed by atoms with Gasteiger partial charge in [0.05, 0.1) is 0 Å². The topological polar surface area (TPSA) is 27.7 Å². The molecule has 3 aromatic rings. The zero-order valence-corrected chi connectivity index (χ0v) is 50.5. The summed E-state index contributed by atoms with van der Waals surface area (Å²) in [6.45, 7) is 13.8. The Bertz CT molecular complexity index is 1470. The molecule has 0 atom stereocenters. The van der Waals surface area contributed by atoms with Crippen LogP contribution >= 0.6 is 0 Å². The van der Waals surface area contributed by atoms with Gasteiger partial charge in [0.1, 0.15) is 0 Å². The van der Waals surface area contributed by atoms with E-state index in [9.17, 15) is 0 Å². The number of hydrogen-bond acceptors (Lipinski definition) is 3. The summed E-state index contributed by atoms with van der Waals surface area (Å²) >= 11 is -3.66. The predicted octanol–water partition coefficient (Wildman–Crippen LogP) is 21.6. The Hall–Kier alpha value is -2.06. The maximum absolute atomic E-state index is 7.19. The van der Waals surface area contributed by atoms with Gasteiger partial charge in [-0.3, -0.25) is 0 Å². The molecule has 3 rings (SSSR count). The molecular weight excluding hydrogens is 1050 g/mol. The Morgan fingerprint density at radius 1 is 0.257 bits per heavy atom. The molecule has 398 valence electrons. The second-order valence-electron chi connectivity index (χ2n) is 21.2. The molecule has 0 radical (unpaired) electrons. The van der Waals surface area contributed by atoms with E-state index in [-0.39, 0.29) is 0 Å². The van der Waals surface area contributed by atoms with Crippen LogP contribution in [0.2, 0.25) is 0 Å². The van der Waals surface area contributed by atoms with Crippen LogP contribution in [0, 0.1) is 0 Å². The van der Waals surface area contributed by atoms with E-state index < -0.39 is 23.1 Å². The number of rotatable bonds is 48. The summed E-state index contributed by atoms with van der Waals surface area (Å²) in [5.41, 5.74) is 8.33. The van der Waals surface area contributed by atoms with Gasteiger partial charge >= 0.3 is 331 Å². The summed E-state index contributed by atoms with van der Waals surface area (Å²) in [6.07, 6.45) is 55.8. The van der Waals surface area contributed by atoms with Crippen molar-refractivity contribution < 1.29 is 8.44 Å². The van der Waals surface area contributed by atoms with E-state index in [1.165, 1.54) is 265 Å². The van der Waals surface area contributed by atoms with E-state index >= 15 is 0 Å². The van der Waals surface area contributed by atoms with Crippen LogP contribution in [0.1, 0.15) is 306 Å². The van der Waals surface area contributed by atoms with Gasteiger partial charge in [-0.25, -0.2) is 0 Å². The number of benzene rings is 3. The Morgan fingerprint density at radius 3 is 0.657 bits per heavy atom. The van der Waals surface area contributed by atoms with Gasteiger partial charge in [0.2, 0.25) is 0 Å². The second-order valence-corrected chi connectivity index (χ2v) is 25.0. The van der Waals surface area contributed by atoms with Crippen molar-refractivity contribution in [3.05, 3.63) is 88.0 Å². The molecular formula is C66H111BiO3. The minimum absolute atomic E-state index is 0.949. The van der Waals surface area contributed by atoms with Crippen LogP contribution < -0.4 is 8.44 Å². The fourth-order valence-corrected chi connectivity index (χ4v) is 15.1. The van der Waals surface area contributed by atoms with Gasteiger partial charge in [-0.1, -0.05) is 117 Å². The molecule has 0 spiro atoms. The summed E-state index contributed by atoms with van der Waals surface area (Å²) in [7, 11) is 0. The molecule has 0 aliphatic heterocycles. The van der Waals surface area contributed by atoms with Gasteiger partial charge in [-0.05, 0) is 0 Å². The first-order valence-electron chi connectivity index (χ1n) is 30.8. The summed E-state index contributed by atoms with van der Waals surface area (Å²) < 4.78 is 21.6. The normalized spacial score (nSPS) is 11.5. The molecule has 0 saturated heterocycles. The molecule has 0 amide bonds. The molecule has 3 nitrogen and oxygen atoms in total. The average molecular weight is 1160 g/mol. The van der Waals surface area contributed by atoms with Crippen LogP contribution in [-0.2, 0) is 38.5 Å². The molecule has 0 aromatic heterocycles. The van der Waals surface area contributed by atoms with Crippen LogP contribution in [-0.4, -0.2) is 23.1 Å². The fourth-order valence-electron chi connectivity index (χ4n) is 10.8. The van der Waals surface area contributed by atoms with Gasteiger partial charge in [-0.2, -0.15) is 0 Å². The van der Waals surface area contributed by atoms with Crippen molar-refractivity contribution in [1.82, 2.24) is 0 Å². The Labute approximate surface area is 445 Å². The molecule has 0 N–H and O–H groups in total. The van der Waals surface area contributed by atoms with Gasteiger partial charge in [0.15, 0.2) is 0 Å². The van der Waals surface area contributed by atoms with Crippen LogP contribution in [0.3, 0.4) is 0 Å². The molecule has 0 bridgehead atoms. The molecule has 0 aliphatic rings. The monoisotopic (exact) mass is 1160 g/mol. The second kappa shape index (κ2) is 43.4. The standard InChI is InChI=1S/3C22H38O.Bi/c3*1-3-5-6-7-8-9-10-11-12-13-14-15-17-20-18-16-19-22(23)21(20)4-2;/h3*16,18-19,23H,3-15,17H2,1-2H3;/q;;;+3/p-3. The van der Waals surface area contributed by atoms with Crippen molar-refractivity contribution in [2.24, 2.45) is 0 Å². The quantitative estimate of drug-likeness (QED) is 0.0417. The molecule has 3 aromatic carbocycles. The first-order valence-corrected chi connectivity index (χ1v) is 35.0. The maximum atomic E-state index is 7.19.